The van der Waals surface area contributed by atoms with E-state index in [0.29, 0.717) is 6.04 Å². The average molecular weight is 261 g/mol. The van der Waals surface area contributed by atoms with Gasteiger partial charge < -0.3 is 10.6 Å². The molecular weight excluding hydrogens is 234 g/mol. The smallest absolute Gasteiger partial charge is 0.0497 e. The van der Waals surface area contributed by atoms with Crippen molar-refractivity contribution in [3.05, 3.63) is 35.4 Å². The van der Waals surface area contributed by atoms with Gasteiger partial charge in [-0.1, -0.05) is 36.8 Å². The summed E-state index contributed by atoms with van der Waals surface area (Å²) in [4.78, 5) is 5.05. The second-order valence-corrected chi connectivity index (χ2v) is 5.69. The van der Waals surface area contributed by atoms with Crippen LogP contribution in [0.3, 0.4) is 0 Å². The molecule has 3 nitrogen and oxygen atoms in total. The van der Waals surface area contributed by atoms with E-state index in [4.69, 9.17) is 5.73 Å². The van der Waals surface area contributed by atoms with Gasteiger partial charge in [0.15, 0.2) is 0 Å². The molecule has 1 aliphatic heterocycles. The Kier molecular flexibility index (Phi) is 4.97. The Morgan fingerprint density at radius 3 is 2.42 bits per heavy atom. The van der Waals surface area contributed by atoms with Gasteiger partial charge >= 0.3 is 0 Å². The van der Waals surface area contributed by atoms with E-state index in [1.54, 1.807) is 0 Å². The van der Waals surface area contributed by atoms with Gasteiger partial charge in [-0.15, -0.1) is 0 Å². The van der Waals surface area contributed by atoms with Crippen LogP contribution >= 0.6 is 0 Å². The van der Waals surface area contributed by atoms with E-state index < -0.39 is 0 Å². The van der Waals surface area contributed by atoms with Crippen LogP contribution in [0, 0.1) is 6.92 Å². The maximum Gasteiger partial charge on any atom is 0.0497 e. The van der Waals surface area contributed by atoms with E-state index >= 15 is 0 Å². The maximum atomic E-state index is 6.26. The number of nitrogens with two attached hydrogens (primary N) is 1. The average Bonchev–Trinajstić information content (AvgIpc) is 2.39. The number of rotatable bonds is 4. The molecule has 2 N–H and O–H groups in total. The van der Waals surface area contributed by atoms with Crippen molar-refractivity contribution >= 4 is 0 Å². The fourth-order valence-electron chi connectivity index (χ4n) is 3.06. The molecular formula is C16H27N3. The molecule has 19 heavy (non-hydrogen) atoms. The SMILES string of the molecule is CCN1CCN(C(c2cccc(C)c2)C(C)N)CC1. The third-order valence-electron chi connectivity index (χ3n) is 4.13. The summed E-state index contributed by atoms with van der Waals surface area (Å²) in [5, 5.41) is 0. The van der Waals surface area contributed by atoms with Crippen molar-refractivity contribution in [1.82, 2.24) is 9.80 Å². The van der Waals surface area contributed by atoms with Crippen LogP contribution in [0.1, 0.15) is 31.0 Å². The first kappa shape index (κ1) is 14.5. The highest BCUT2D eigenvalue weighted by atomic mass is 15.3. The topological polar surface area (TPSA) is 32.5 Å². The van der Waals surface area contributed by atoms with E-state index in [1.165, 1.54) is 11.1 Å². The second kappa shape index (κ2) is 6.51. The third kappa shape index (κ3) is 3.56. The molecule has 3 heteroatoms. The number of piperazine rings is 1. The molecule has 1 aliphatic rings. The first-order valence-electron chi connectivity index (χ1n) is 7.40. The van der Waals surface area contributed by atoms with E-state index in [2.05, 4.69) is 54.8 Å². The van der Waals surface area contributed by atoms with Crippen molar-refractivity contribution in [2.45, 2.75) is 32.9 Å². The molecule has 0 spiro atoms. The first-order chi connectivity index (χ1) is 9.11. The zero-order valence-corrected chi connectivity index (χ0v) is 12.5. The minimum atomic E-state index is 0.162. The van der Waals surface area contributed by atoms with Gasteiger partial charge in [-0.2, -0.15) is 0 Å². The van der Waals surface area contributed by atoms with Crippen LogP contribution in [0.2, 0.25) is 0 Å². The van der Waals surface area contributed by atoms with Crippen LogP contribution in [0.5, 0.6) is 0 Å². The number of likely N-dealkylation sites (N-methyl/N-ethyl adjacent to an activating group) is 1. The van der Waals surface area contributed by atoms with E-state index in [-0.39, 0.29) is 6.04 Å². The summed E-state index contributed by atoms with van der Waals surface area (Å²) in [5.74, 6) is 0. The molecule has 2 rings (SSSR count). The van der Waals surface area contributed by atoms with Gasteiger partial charge in [0, 0.05) is 38.3 Å². The monoisotopic (exact) mass is 261 g/mol. The summed E-state index contributed by atoms with van der Waals surface area (Å²) in [6.07, 6.45) is 0. The first-order valence-corrected chi connectivity index (χ1v) is 7.40. The molecule has 0 aromatic heterocycles. The summed E-state index contributed by atoms with van der Waals surface area (Å²) in [5.41, 5.74) is 8.94. The number of hydrogen-bond donors (Lipinski definition) is 1. The quantitative estimate of drug-likeness (QED) is 0.900. The molecule has 1 fully saturated rings. The summed E-state index contributed by atoms with van der Waals surface area (Å²) in [6, 6.07) is 9.29. The van der Waals surface area contributed by atoms with Crippen LogP contribution in [0.4, 0.5) is 0 Å². The number of benzene rings is 1. The molecule has 0 aliphatic carbocycles. The van der Waals surface area contributed by atoms with Gasteiger partial charge in [0.25, 0.3) is 0 Å². The Morgan fingerprint density at radius 1 is 1.21 bits per heavy atom. The number of hydrogen-bond acceptors (Lipinski definition) is 3. The standard InChI is InChI=1S/C16H27N3/c1-4-18-8-10-19(11-9-18)16(14(3)17)15-7-5-6-13(2)12-15/h5-7,12,14,16H,4,8-11,17H2,1-3H3. The van der Waals surface area contributed by atoms with Crippen molar-refractivity contribution in [2.75, 3.05) is 32.7 Å². The molecule has 2 atom stereocenters. The molecule has 1 saturated heterocycles. The third-order valence-corrected chi connectivity index (χ3v) is 4.13. The Balaban J connectivity index is 2.13. The molecule has 2 unspecified atom stereocenters. The van der Waals surface area contributed by atoms with Crippen molar-refractivity contribution < 1.29 is 0 Å². The predicted octanol–water partition coefficient (Wildman–Crippen LogP) is 2.02. The van der Waals surface area contributed by atoms with Gasteiger partial charge in [0.1, 0.15) is 0 Å². The fraction of sp³-hybridized carbons (Fsp3) is 0.625. The normalized spacial score (nSPS) is 21.3. The van der Waals surface area contributed by atoms with Gasteiger partial charge in [-0.3, -0.25) is 4.90 Å². The Hall–Kier alpha value is -0.900. The molecule has 0 bridgehead atoms. The number of nitrogens with zero attached hydrogens (tertiary/aromatic N) is 2. The van der Waals surface area contributed by atoms with Gasteiger partial charge in [-0.25, -0.2) is 0 Å². The van der Waals surface area contributed by atoms with Gasteiger partial charge in [0.05, 0.1) is 0 Å². The van der Waals surface area contributed by atoms with Crippen molar-refractivity contribution in [3.8, 4) is 0 Å². The highest BCUT2D eigenvalue weighted by Crippen LogP contribution is 2.25. The van der Waals surface area contributed by atoms with Crippen molar-refractivity contribution in [3.63, 3.8) is 0 Å². The van der Waals surface area contributed by atoms with Crippen LogP contribution in [0.15, 0.2) is 24.3 Å². The Bertz CT molecular complexity index is 395. The van der Waals surface area contributed by atoms with E-state index in [9.17, 15) is 0 Å². The lowest BCUT2D eigenvalue weighted by Crippen LogP contribution is -2.50. The highest BCUT2D eigenvalue weighted by molar-refractivity contribution is 5.26. The minimum absolute atomic E-state index is 0.162. The lowest BCUT2D eigenvalue weighted by atomic mass is 9.97. The van der Waals surface area contributed by atoms with Crippen molar-refractivity contribution in [1.29, 1.82) is 0 Å². The summed E-state index contributed by atoms with van der Waals surface area (Å²) in [6.45, 7) is 12.2. The van der Waals surface area contributed by atoms with Crippen molar-refractivity contribution in [2.24, 2.45) is 5.73 Å². The zero-order chi connectivity index (χ0) is 13.8. The van der Waals surface area contributed by atoms with E-state index in [1.807, 2.05) is 0 Å². The van der Waals surface area contributed by atoms with Crippen LogP contribution in [0.25, 0.3) is 0 Å². The molecule has 1 heterocycles. The Labute approximate surface area is 117 Å². The lowest BCUT2D eigenvalue weighted by molar-refractivity contribution is 0.0898. The molecule has 1 aromatic rings. The van der Waals surface area contributed by atoms with Crippen LogP contribution < -0.4 is 5.73 Å². The molecule has 1 aromatic carbocycles. The highest BCUT2D eigenvalue weighted by Gasteiger charge is 2.27. The molecule has 106 valence electrons. The van der Waals surface area contributed by atoms with Crippen LogP contribution in [-0.2, 0) is 0 Å². The molecule has 0 radical (unpaired) electrons. The number of aryl methyl sites for hydroxylation is 1. The van der Waals surface area contributed by atoms with Gasteiger partial charge in [-0.05, 0) is 26.0 Å². The summed E-state index contributed by atoms with van der Waals surface area (Å²) < 4.78 is 0. The van der Waals surface area contributed by atoms with Gasteiger partial charge in [0.2, 0.25) is 0 Å². The maximum absolute atomic E-state index is 6.26. The van der Waals surface area contributed by atoms with Crippen LogP contribution in [-0.4, -0.2) is 48.6 Å². The molecule has 0 saturated carbocycles. The lowest BCUT2D eigenvalue weighted by Gasteiger charge is -2.40. The fourth-order valence-corrected chi connectivity index (χ4v) is 3.06. The largest absolute Gasteiger partial charge is 0.326 e. The van der Waals surface area contributed by atoms with E-state index in [0.717, 1.165) is 32.7 Å². The summed E-state index contributed by atoms with van der Waals surface area (Å²) >= 11 is 0. The Morgan fingerprint density at radius 2 is 1.89 bits per heavy atom. The predicted molar refractivity (Wildman–Crippen MR) is 81.3 cm³/mol. The summed E-state index contributed by atoms with van der Waals surface area (Å²) in [7, 11) is 0. The molecule has 0 amide bonds. The minimum Gasteiger partial charge on any atom is -0.326 e. The second-order valence-electron chi connectivity index (χ2n) is 5.69. The zero-order valence-electron chi connectivity index (χ0n) is 12.5.